The van der Waals surface area contributed by atoms with Crippen LogP contribution in [0.25, 0.3) is 0 Å². The largest absolute Gasteiger partial charge is 0.508 e. The minimum Gasteiger partial charge on any atom is -0.508 e. The number of hydrogen-bond acceptors (Lipinski definition) is 2. The van der Waals surface area contributed by atoms with Crippen molar-refractivity contribution in [3.63, 3.8) is 0 Å². The lowest BCUT2D eigenvalue weighted by atomic mass is 9.85. The number of hydrogen-bond donors (Lipinski definition) is 1. The van der Waals surface area contributed by atoms with E-state index in [-0.39, 0.29) is 5.60 Å². The van der Waals surface area contributed by atoms with Gasteiger partial charge in [0.15, 0.2) is 0 Å². The van der Waals surface area contributed by atoms with Crippen molar-refractivity contribution in [2.75, 3.05) is 0 Å². The summed E-state index contributed by atoms with van der Waals surface area (Å²) in [4.78, 5) is 0. The highest BCUT2D eigenvalue weighted by Gasteiger charge is 2.33. The van der Waals surface area contributed by atoms with Gasteiger partial charge in [0.25, 0.3) is 0 Å². The summed E-state index contributed by atoms with van der Waals surface area (Å²) in [6.07, 6.45) is 14.1. The number of phenols is 1. The molecule has 2 rings (SSSR count). The highest BCUT2D eigenvalue weighted by Crippen LogP contribution is 2.42. The molecular formula is C28H48O2. The monoisotopic (exact) mass is 416 g/mol. The molecule has 0 amide bonds. The van der Waals surface area contributed by atoms with Crippen molar-refractivity contribution < 1.29 is 9.84 Å². The van der Waals surface area contributed by atoms with Gasteiger partial charge >= 0.3 is 0 Å². The van der Waals surface area contributed by atoms with E-state index in [4.69, 9.17) is 4.74 Å². The molecule has 2 heteroatoms. The molecule has 30 heavy (non-hydrogen) atoms. The SMILES string of the molecule is Cc1c(O)cc2c(c1C)O[C@](C)(CCC[C@H](C)CCC[C@@H](C)CCCC(C)C)CC2. The fourth-order valence-electron chi connectivity index (χ4n) is 4.94. The lowest BCUT2D eigenvalue weighted by Crippen LogP contribution is -2.36. The molecule has 0 spiro atoms. The third-order valence-corrected chi connectivity index (χ3v) is 7.44. The topological polar surface area (TPSA) is 29.5 Å². The quantitative estimate of drug-likeness (QED) is 0.370. The van der Waals surface area contributed by atoms with Crippen molar-refractivity contribution in [1.29, 1.82) is 0 Å². The summed E-state index contributed by atoms with van der Waals surface area (Å²) in [7, 11) is 0. The van der Waals surface area contributed by atoms with Crippen LogP contribution >= 0.6 is 0 Å². The highest BCUT2D eigenvalue weighted by atomic mass is 16.5. The summed E-state index contributed by atoms with van der Waals surface area (Å²) in [5.41, 5.74) is 3.16. The maximum Gasteiger partial charge on any atom is 0.126 e. The molecule has 1 aliphatic rings. The summed E-state index contributed by atoms with van der Waals surface area (Å²) in [6, 6.07) is 1.91. The third-order valence-electron chi connectivity index (χ3n) is 7.44. The van der Waals surface area contributed by atoms with Crippen molar-refractivity contribution in [2.45, 2.75) is 125 Å². The third kappa shape index (κ3) is 7.50. The van der Waals surface area contributed by atoms with Crippen LogP contribution in [-0.4, -0.2) is 10.7 Å². The highest BCUT2D eigenvalue weighted by molar-refractivity contribution is 5.53. The maximum absolute atomic E-state index is 10.1. The van der Waals surface area contributed by atoms with Gasteiger partial charge < -0.3 is 9.84 Å². The van der Waals surface area contributed by atoms with Crippen molar-refractivity contribution in [3.8, 4) is 11.5 Å². The van der Waals surface area contributed by atoms with Crippen molar-refractivity contribution >= 4 is 0 Å². The van der Waals surface area contributed by atoms with E-state index in [9.17, 15) is 5.11 Å². The summed E-state index contributed by atoms with van der Waals surface area (Å²) < 4.78 is 6.52. The second-order valence-electron chi connectivity index (χ2n) is 11.0. The minimum absolute atomic E-state index is 0.0637. The van der Waals surface area contributed by atoms with Crippen LogP contribution in [0.4, 0.5) is 0 Å². The molecule has 0 radical (unpaired) electrons. The Bertz CT molecular complexity index is 663. The van der Waals surface area contributed by atoms with E-state index < -0.39 is 0 Å². The molecule has 0 unspecified atom stereocenters. The molecule has 1 aromatic carbocycles. The average Bonchev–Trinajstić information content (AvgIpc) is 2.67. The Balaban J connectivity index is 1.69. The second kappa shape index (κ2) is 11.4. The molecule has 1 aliphatic heterocycles. The molecule has 0 saturated heterocycles. The zero-order valence-electron chi connectivity index (χ0n) is 20.9. The van der Waals surface area contributed by atoms with Gasteiger partial charge in [-0.1, -0.05) is 72.6 Å². The second-order valence-corrected chi connectivity index (χ2v) is 11.0. The normalized spacial score (nSPS) is 20.7. The van der Waals surface area contributed by atoms with Gasteiger partial charge in [-0.25, -0.2) is 0 Å². The summed E-state index contributed by atoms with van der Waals surface area (Å²) in [5, 5.41) is 10.1. The Kier molecular flexibility index (Phi) is 9.57. The van der Waals surface area contributed by atoms with Crippen LogP contribution in [0.3, 0.4) is 0 Å². The smallest absolute Gasteiger partial charge is 0.126 e. The zero-order chi connectivity index (χ0) is 22.3. The van der Waals surface area contributed by atoms with Gasteiger partial charge in [-0.2, -0.15) is 0 Å². The van der Waals surface area contributed by atoms with Crippen molar-refractivity contribution in [2.24, 2.45) is 17.8 Å². The van der Waals surface area contributed by atoms with Crippen LogP contribution in [0.2, 0.25) is 0 Å². The molecule has 0 bridgehead atoms. The van der Waals surface area contributed by atoms with Gasteiger partial charge in [0.1, 0.15) is 17.1 Å². The number of phenolic OH excluding ortho intramolecular Hbond substituents is 1. The van der Waals surface area contributed by atoms with Crippen LogP contribution in [0, 0.1) is 31.6 Å². The number of fused-ring (bicyclic) bond motifs is 1. The molecule has 3 atom stereocenters. The lowest BCUT2D eigenvalue weighted by molar-refractivity contribution is 0.0514. The molecular weight excluding hydrogens is 368 g/mol. The number of rotatable bonds is 12. The Morgan fingerprint density at radius 2 is 1.47 bits per heavy atom. The summed E-state index contributed by atoms with van der Waals surface area (Å²) in [6.45, 7) is 15.9. The molecule has 1 N–H and O–H groups in total. The van der Waals surface area contributed by atoms with Gasteiger partial charge in [0, 0.05) is 0 Å². The first kappa shape index (κ1) is 25.1. The van der Waals surface area contributed by atoms with E-state index in [2.05, 4.69) is 41.5 Å². The Hall–Kier alpha value is -1.18. The molecule has 1 aromatic rings. The summed E-state index contributed by atoms with van der Waals surface area (Å²) >= 11 is 0. The predicted octanol–water partition coefficient (Wildman–Crippen LogP) is 8.53. The summed E-state index contributed by atoms with van der Waals surface area (Å²) in [5.74, 6) is 3.98. The van der Waals surface area contributed by atoms with Crippen LogP contribution in [0.15, 0.2) is 6.07 Å². The van der Waals surface area contributed by atoms with Crippen LogP contribution < -0.4 is 4.74 Å². The lowest BCUT2D eigenvalue weighted by Gasteiger charge is -2.37. The van der Waals surface area contributed by atoms with E-state index in [1.54, 1.807) is 0 Å². The van der Waals surface area contributed by atoms with E-state index in [1.807, 2.05) is 13.0 Å². The molecule has 0 aromatic heterocycles. The number of aryl methyl sites for hydroxylation is 1. The Labute approximate surface area is 186 Å². The number of ether oxygens (including phenoxy) is 1. The average molecular weight is 417 g/mol. The first-order chi connectivity index (χ1) is 14.1. The van der Waals surface area contributed by atoms with Gasteiger partial charge in [-0.05, 0) is 87.0 Å². The van der Waals surface area contributed by atoms with Gasteiger partial charge in [-0.15, -0.1) is 0 Å². The van der Waals surface area contributed by atoms with Crippen LogP contribution in [0.5, 0.6) is 11.5 Å². The fraction of sp³-hybridized carbons (Fsp3) is 0.786. The molecule has 0 saturated carbocycles. The standard InChI is InChI=1S/C28H48O2/c1-20(2)11-8-12-21(3)13-9-14-22(4)15-10-17-28(7)18-16-25-19-26(29)23(5)24(6)27(25)30-28/h19-22,29H,8-18H2,1-7H3/t21-,22+,28+/m0/s1. The number of aromatic hydroxyl groups is 1. The van der Waals surface area contributed by atoms with Crippen LogP contribution in [0.1, 0.15) is 116 Å². The van der Waals surface area contributed by atoms with Gasteiger partial charge in [0.2, 0.25) is 0 Å². The van der Waals surface area contributed by atoms with Crippen molar-refractivity contribution in [1.82, 2.24) is 0 Å². The minimum atomic E-state index is -0.0637. The van der Waals surface area contributed by atoms with Crippen LogP contribution in [-0.2, 0) is 6.42 Å². The number of benzene rings is 1. The molecule has 0 aliphatic carbocycles. The van der Waals surface area contributed by atoms with E-state index >= 15 is 0 Å². The maximum atomic E-state index is 10.1. The van der Waals surface area contributed by atoms with E-state index in [0.717, 1.165) is 53.9 Å². The van der Waals surface area contributed by atoms with E-state index in [1.165, 1.54) is 56.9 Å². The zero-order valence-corrected chi connectivity index (χ0v) is 20.9. The van der Waals surface area contributed by atoms with Crippen molar-refractivity contribution in [3.05, 3.63) is 22.8 Å². The fourth-order valence-corrected chi connectivity index (χ4v) is 4.94. The first-order valence-corrected chi connectivity index (χ1v) is 12.6. The van der Waals surface area contributed by atoms with Gasteiger partial charge in [-0.3, -0.25) is 0 Å². The van der Waals surface area contributed by atoms with Gasteiger partial charge in [0.05, 0.1) is 0 Å². The van der Waals surface area contributed by atoms with E-state index in [0.29, 0.717) is 5.75 Å². The molecule has 2 nitrogen and oxygen atoms in total. The Morgan fingerprint density at radius 1 is 0.900 bits per heavy atom. The first-order valence-electron chi connectivity index (χ1n) is 12.6. The predicted molar refractivity (Wildman–Crippen MR) is 130 cm³/mol. The molecule has 0 fully saturated rings. The molecule has 1 heterocycles. The Morgan fingerprint density at radius 3 is 2.07 bits per heavy atom. The molecule has 172 valence electrons.